The van der Waals surface area contributed by atoms with E-state index in [1.165, 1.54) is 27.8 Å². The number of rotatable bonds is 1. The lowest BCUT2D eigenvalue weighted by atomic mass is 9.81. The van der Waals surface area contributed by atoms with Crippen LogP contribution in [0.2, 0.25) is 0 Å². The number of benzene rings is 2. The topological polar surface area (TPSA) is 17.1 Å². The first-order chi connectivity index (χ1) is 10.8. The Morgan fingerprint density at radius 2 is 1.26 bits per heavy atom. The van der Waals surface area contributed by atoms with Crippen LogP contribution in [-0.2, 0) is 31.1 Å². The number of aryl methyl sites for hydroxylation is 4. The summed E-state index contributed by atoms with van der Waals surface area (Å²) >= 11 is 0. The maximum absolute atomic E-state index is 12.3. The third kappa shape index (κ3) is 3.39. The molecule has 0 heterocycles. The predicted octanol–water partition coefficient (Wildman–Crippen LogP) is 5.07. The second-order valence-corrected chi connectivity index (χ2v) is 7.79. The van der Waals surface area contributed by atoms with Crippen LogP contribution in [-0.4, -0.2) is 5.78 Å². The molecule has 2 aliphatic carbocycles. The van der Waals surface area contributed by atoms with Gasteiger partial charge in [0.15, 0.2) is 5.78 Å². The predicted molar refractivity (Wildman–Crippen MR) is 96.4 cm³/mol. The number of Topliss-reactive ketones (excluding diaryl/α,β-unsaturated/α-hetero) is 1. The molecule has 1 heteroatoms. The third-order valence-electron chi connectivity index (χ3n) is 4.91. The molecule has 2 aromatic rings. The SMILES string of the molecule is CC(=O)c1c2cc(C(C)(C)C)cc1CCc1ccc(cc1)CC2. The highest BCUT2D eigenvalue weighted by Crippen LogP contribution is 2.30. The fraction of sp³-hybridized carbons (Fsp3) is 0.409. The van der Waals surface area contributed by atoms with Gasteiger partial charge in [-0.1, -0.05) is 57.2 Å². The fourth-order valence-electron chi connectivity index (χ4n) is 3.48. The maximum atomic E-state index is 12.3. The molecule has 0 amide bonds. The molecule has 0 saturated heterocycles. The number of carbonyl (C=O) groups excluding carboxylic acids is 1. The van der Waals surface area contributed by atoms with Crippen LogP contribution in [0.15, 0.2) is 36.4 Å². The molecule has 0 spiro atoms. The van der Waals surface area contributed by atoms with E-state index in [1.54, 1.807) is 6.92 Å². The summed E-state index contributed by atoms with van der Waals surface area (Å²) in [6.45, 7) is 8.46. The van der Waals surface area contributed by atoms with Gasteiger partial charge in [0.05, 0.1) is 0 Å². The van der Waals surface area contributed by atoms with E-state index in [1.807, 2.05) is 0 Å². The lowest BCUT2D eigenvalue weighted by molar-refractivity contribution is 0.101. The Morgan fingerprint density at radius 1 is 0.826 bits per heavy atom. The van der Waals surface area contributed by atoms with Gasteiger partial charge in [0.25, 0.3) is 0 Å². The monoisotopic (exact) mass is 306 g/mol. The normalized spacial score (nSPS) is 14.4. The summed E-state index contributed by atoms with van der Waals surface area (Å²) in [6, 6.07) is 13.5. The first-order valence-electron chi connectivity index (χ1n) is 8.59. The molecule has 1 nitrogen and oxygen atoms in total. The average Bonchev–Trinajstić information content (AvgIpc) is 2.52. The van der Waals surface area contributed by atoms with Crippen LogP contribution in [0.5, 0.6) is 0 Å². The van der Waals surface area contributed by atoms with Gasteiger partial charge in [0.1, 0.15) is 0 Å². The Bertz CT molecular complexity index is 682. The Morgan fingerprint density at radius 3 is 1.61 bits per heavy atom. The van der Waals surface area contributed by atoms with E-state index in [-0.39, 0.29) is 11.2 Å². The first-order valence-corrected chi connectivity index (χ1v) is 8.59. The minimum Gasteiger partial charge on any atom is -0.294 e. The molecule has 0 unspecified atom stereocenters. The summed E-state index contributed by atoms with van der Waals surface area (Å²) in [7, 11) is 0. The standard InChI is InChI=1S/C22H26O/c1-15(23)21-18-11-9-16-5-6-17(8-7-16)10-12-19(21)14-20(13-18)22(2,3)4/h5-8,13-14H,9-12H2,1-4H3. The number of hydrogen-bond acceptors (Lipinski definition) is 1. The van der Waals surface area contributed by atoms with E-state index >= 15 is 0 Å². The van der Waals surface area contributed by atoms with Crippen molar-refractivity contribution in [3.05, 3.63) is 69.8 Å². The zero-order valence-corrected chi connectivity index (χ0v) is 14.7. The Kier molecular flexibility index (Phi) is 4.14. The highest BCUT2D eigenvalue weighted by atomic mass is 16.1. The fourth-order valence-corrected chi connectivity index (χ4v) is 3.48. The van der Waals surface area contributed by atoms with Crippen LogP contribution in [0, 0.1) is 0 Å². The number of carbonyl (C=O) groups is 1. The van der Waals surface area contributed by atoms with Crippen molar-refractivity contribution in [2.45, 2.75) is 58.8 Å². The van der Waals surface area contributed by atoms with Crippen molar-refractivity contribution in [1.82, 2.24) is 0 Å². The molecule has 2 aliphatic rings. The summed E-state index contributed by atoms with van der Waals surface area (Å²) in [4.78, 5) is 12.3. The number of hydrogen-bond donors (Lipinski definition) is 0. The quantitative estimate of drug-likeness (QED) is 0.672. The molecule has 2 aromatic carbocycles. The van der Waals surface area contributed by atoms with E-state index in [0.29, 0.717) is 0 Å². The number of fused-ring (bicyclic) bond motifs is 4. The van der Waals surface area contributed by atoms with Gasteiger partial charge in [-0.05, 0) is 65.8 Å². The molecule has 120 valence electrons. The van der Waals surface area contributed by atoms with E-state index in [0.717, 1.165) is 31.2 Å². The molecule has 0 saturated carbocycles. The minimum atomic E-state index is 0.106. The summed E-state index contributed by atoms with van der Waals surface area (Å²) in [5, 5.41) is 0. The molecule has 0 aromatic heterocycles. The smallest absolute Gasteiger partial charge is 0.160 e. The van der Waals surface area contributed by atoms with E-state index in [4.69, 9.17) is 0 Å². The molecule has 4 bridgehead atoms. The summed E-state index contributed by atoms with van der Waals surface area (Å²) in [5.41, 5.74) is 7.58. The highest BCUT2D eigenvalue weighted by molar-refractivity contribution is 5.97. The Labute approximate surface area is 139 Å². The molecular formula is C22H26O. The summed E-state index contributed by atoms with van der Waals surface area (Å²) < 4.78 is 0. The van der Waals surface area contributed by atoms with Crippen molar-refractivity contribution in [3.63, 3.8) is 0 Å². The van der Waals surface area contributed by atoms with Gasteiger partial charge in [-0.2, -0.15) is 0 Å². The molecule has 4 rings (SSSR count). The highest BCUT2D eigenvalue weighted by Gasteiger charge is 2.21. The average molecular weight is 306 g/mol. The van der Waals surface area contributed by atoms with Crippen molar-refractivity contribution in [3.8, 4) is 0 Å². The summed E-state index contributed by atoms with van der Waals surface area (Å²) in [6.07, 6.45) is 3.86. The van der Waals surface area contributed by atoms with Crippen LogP contribution < -0.4 is 0 Å². The van der Waals surface area contributed by atoms with Crippen LogP contribution in [0.1, 0.15) is 65.9 Å². The van der Waals surface area contributed by atoms with Crippen molar-refractivity contribution < 1.29 is 4.79 Å². The van der Waals surface area contributed by atoms with E-state index in [9.17, 15) is 4.79 Å². The van der Waals surface area contributed by atoms with Gasteiger partial charge in [-0.25, -0.2) is 0 Å². The lowest BCUT2D eigenvalue weighted by Gasteiger charge is -2.23. The van der Waals surface area contributed by atoms with E-state index < -0.39 is 0 Å². The van der Waals surface area contributed by atoms with Crippen molar-refractivity contribution >= 4 is 5.78 Å². The van der Waals surface area contributed by atoms with Gasteiger partial charge in [-0.3, -0.25) is 4.79 Å². The molecule has 0 N–H and O–H groups in total. The Hall–Kier alpha value is -1.89. The zero-order valence-electron chi connectivity index (χ0n) is 14.7. The van der Waals surface area contributed by atoms with Gasteiger partial charge >= 0.3 is 0 Å². The van der Waals surface area contributed by atoms with Gasteiger partial charge in [-0.15, -0.1) is 0 Å². The van der Waals surface area contributed by atoms with Crippen LogP contribution in [0.4, 0.5) is 0 Å². The van der Waals surface area contributed by atoms with Gasteiger partial charge < -0.3 is 0 Å². The van der Waals surface area contributed by atoms with Gasteiger partial charge in [0.2, 0.25) is 0 Å². The minimum absolute atomic E-state index is 0.106. The van der Waals surface area contributed by atoms with Gasteiger partial charge in [0, 0.05) is 5.56 Å². The molecular weight excluding hydrogens is 280 g/mol. The first kappa shape index (κ1) is 16.0. The molecule has 0 fully saturated rings. The van der Waals surface area contributed by atoms with Crippen molar-refractivity contribution in [1.29, 1.82) is 0 Å². The van der Waals surface area contributed by atoms with Crippen LogP contribution in [0.3, 0.4) is 0 Å². The second kappa shape index (κ2) is 5.96. The molecule has 0 aliphatic heterocycles. The molecule has 23 heavy (non-hydrogen) atoms. The van der Waals surface area contributed by atoms with Crippen molar-refractivity contribution in [2.75, 3.05) is 0 Å². The molecule has 0 radical (unpaired) electrons. The summed E-state index contributed by atoms with van der Waals surface area (Å²) in [5.74, 6) is 0.206. The third-order valence-corrected chi connectivity index (χ3v) is 4.91. The molecule has 0 atom stereocenters. The lowest BCUT2D eigenvalue weighted by Crippen LogP contribution is -2.16. The zero-order chi connectivity index (χ0) is 16.6. The van der Waals surface area contributed by atoms with Crippen molar-refractivity contribution in [2.24, 2.45) is 0 Å². The maximum Gasteiger partial charge on any atom is 0.160 e. The largest absolute Gasteiger partial charge is 0.294 e. The second-order valence-electron chi connectivity index (χ2n) is 7.79. The van der Waals surface area contributed by atoms with E-state index in [2.05, 4.69) is 57.2 Å². The van der Waals surface area contributed by atoms with Crippen LogP contribution in [0.25, 0.3) is 0 Å². The number of ketones is 1. The Balaban J connectivity index is 2.17. The van der Waals surface area contributed by atoms with Crippen LogP contribution >= 0.6 is 0 Å².